The van der Waals surface area contributed by atoms with Crippen molar-refractivity contribution < 1.29 is 14.3 Å². The third-order valence-electron chi connectivity index (χ3n) is 3.37. The molecule has 5 heteroatoms. The maximum atomic E-state index is 12.4. The number of aldehydes is 1. The normalized spacial score (nSPS) is 16.6. The van der Waals surface area contributed by atoms with Crippen LogP contribution in [0.3, 0.4) is 0 Å². The van der Waals surface area contributed by atoms with Crippen molar-refractivity contribution in [1.82, 2.24) is 10.2 Å². The highest BCUT2D eigenvalue weighted by atomic mass is 16.5. The Bertz CT molecular complexity index is 453. The lowest BCUT2D eigenvalue weighted by molar-refractivity contribution is -0.139. The quantitative estimate of drug-likeness (QED) is 0.818. The summed E-state index contributed by atoms with van der Waals surface area (Å²) in [6.07, 6.45) is 0.945. The zero-order valence-corrected chi connectivity index (χ0v) is 11.7. The molecular formula is C15H20N2O3. The number of carbonyl (C=O) groups is 2. The molecular weight excluding hydrogens is 256 g/mol. The number of amides is 1. The van der Waals surface area contributed by atoms with Crippen LogP contribution in [0.5, 0.6) is 5.75 Å². The zero-order chi connectivity index (χ0) is 14.4. The summed E-state index contributed by atoms with van der Waals surface area (Å²) in [6, 6.07) is 6.81. The zero-order valence-electron chi connectivity index (χ0n) is 11.7. The van der Waals surface area contributed by atoms with Crippen LogP contribution in [0.15, 0.2) is 24.3 Å². The fraction of sp³-hybridized carbons (Fsp3) is 0.467. The number of hydrogen-bond donors (Lipinski definition) is 1. The van der Waals surface area contributed by atoms with E-state index in [1.807, 2.05) is 11.8 Å². The Balaban J connectivity index is 1.99. The molecule has 0 aliphatic carbocycles. The van der Waals surface area contributed by atoms with Gasteiger partial charge in [0.2, 0.25) is 0 Å². The Labute approximate surface area is 118 Å². The van der Waals surface area contributed by atoms with Gasteiger partial charge in [-0.3, -0.25) is 9.59 Å². The first kappa shape index (κ1) is 14.5. The molecule has 1 saturated heterocycles. The molecule has 0 aromatic heterocycles. The van der Waals surface area contributed by atoms with E-state index in [-0.39, 0.29) is 5.91 Å². The summed E-state index contributed by atoms with van der Waals surface area (Å²) in [6.45, 7) is 5.04. The number of hydrogen-bond acceptors (Lipinski definition) is 4. The second-order valence-electron chi connectivity index (χ2n) is 4.78. The average molecular weight is 276 g/mol. The Kier molecular flexibility index (Phi) is 5.12. The molecule has 1 N–H and O–H groups in total. The van der Waals surface area contributed by atoms with Crippen molar-refractivity contribution in [2.75, 3.05) is 26.2 Å². The van der Waals surface area contributed by atoms with Gasteiger partial charge in [-0.2, -0.15) is 0 Å². The van der Waals surface area contributed by atoms with Crippen LogP contribution in [0.4, 0.5) is 0 Å². The first-order chi connectivity index (χ1) is 9.74. The van der Waals surface area contributed by atoms with Gasteiger partial charge in [-0.1, -0.05) is 6.92 Å². The minimum absolute atomic E-state index is 0.0356. The Morgan fingerprint density at radius 1 is 1.35 bits per heavy atom. The molecule has 1 heterocycles. The fourth-order valence-corrected chi connectivity index (χ4v) is 2.19. The number of benzene rings is 1. The maximum Gasteiger partial charge on any atom is 0.263 e. The second-order valence-corrected chi connectivity index (χ2v) is 4.78. The molecule has 1 aliphatic rings. The molecule has 1 atom stereocenters. The molecule has 0 saturated carbocycles. The summed E-state index contributed by atoms with van der Waals surface area (Å²) >= 11 is 0. The molecule has 0 radical (unpaired) electrons. The monoisotopic (exact) mass is 276 g/mol. The average Bonchev–Trinajstić information content (AvgIpc) is 2.53. The molecule has 0 spiro atoms. The topological polar surface area (TPSA) is 58.6 Å². The summed E-state index contributed by atoms with van der Waals surface area (Å²) < 4.78 is 5.75. The minimum atomic E-state index is -0.463. The smallest absolute Gasteiger partial charge is 0.263 e. The number of rotatable bonds is 5. The van der Waals surface area contributed by atoms with E-state index in [1.54, 1.807) is 24.3 Å². The largest absolute Gasteiger partial charge is 0.481 e. The van der Waals surface area contributed by atoms with Gasteiger partial charge in [0.25, 0.3) is 5.91 Å². The van der Waals surface area contributed by atoms with E-state index >= 15 is 0 Å². The van der Waals surface area contributed by atoms with E-state index in [4.69, 9.17) is 4.74 Å². The summed E-state index contributed by atoms with van der Waals surface area (Å²) in [5.74, 6) is 0.652. The van der Waals surface area contributed by atoms with Crippen LogP contribution in [-0.4, -0.2) is 49.4 Å². The first-order valence-electron chi connectivity index (χ1n) is 6.96. The Morgan fingerprint density at radius 3 is 2.55 bits per heavy atom. The van der Waals surface area contributed by atoms with Crippen molar-refractivity contribution in [1.29, 1.82) is 0 Å². The molecule has 1 fully saturated rings. The lowest BCUT2D eigenvalue weighted by atomic mass is 10.2. The van der Waals surface area contributed by atoms with Gasteiger partial charge in [-0.15, -0.1) is 0 Å². The van der Waals surface area contributed by atoms with Gasteiger partial charge in [0, 0.05) is 31.7 Å². The van der Waals surface area contributed by atoms with Crippen LogP contribution in [0.1, 0.15) is 23.7 Å². The highest BCUT2D eigenvalue weighted by Gasteiger charge is 2.25. The van der Waals surface area contributed by atoms with Crippen molar-refractivity contribution in [2.24, 2.45) is 0 Å². The molecule has 1 unspecified atom stereocenters. The number of piperazine rings is 1. The number of nitrogens with one attached hydrogen (secondary N) is 1. The number of nitrogens with zero attached hydrogens (tertiary/aromatic N) is 1. The van der Waals surface area contributed by atoms with Crippen LogP contribution in [0.2, 0.25) is 0 Å². The van der Waals surface area contributed by atoms with Crippen molar-refractivity contribution >= 4 is 12.2 Å². The van der Waals surface area contributed by atoms with Crippen LogP contribution in [0.25, 0.3) is 0 Å². The standard InChI is InChI=1S/C15H20N2O3/c1-2-14(15(19)17-9-7-16-8-10-17)20-13-5-3-12(11-18)4-6-13/h3-6,11,14,16H,2,7-10H2,1H3. The van der Waals surface area contributed by atoms with Crippen LogP contribution < -0.4 is 10.1 Å². The summed E-state index contributed by atoms with van der Waals surface area (Å²) in [5, 5.41) is 3.22. The van der Waals surface area contributed by atoms with Crippen LogP contribution in [-0.2, 0) is 4.79 Å². The summed E-state index contributed by atoms with van der Waals surface area (Å²) in [4.78, 5) is 24.8. The van der Waals surface area contributed by atoms with Crippen molar-refractivity contribution in [3.63, 3.8) is 0 Å². The van der Waals surface area contributed by atoms with E-state index in [9.17, 15) is 9.59 Å². The van der Waals surface area contributed by atoms with Crippen molar-refractivity contribution in [3.8, 4) is 5.75 Å². The first-order valence-corrected chi connectivity index (χ1v) is 6.96. The third-order valence-corrected chi connectivity index (χ3v) is 3.37. The Hall–Kier alpha value is -1.88. The lowest BCUT2D eigenvalue weighted by Gasteiger charge is -2.30. The molecule has 20 heavy (non-hydrogen) atoms. The van der Waals surface area contributed by atoms with Crippen molar-refractivity contribution in [3.05, 3.63) is 29.8 Å². The van der Waals surface area contributed by atoms with E-state index < -0.39 is 6.10 Å². The molecule has 1 aromatic carbocycles. The van der Waals surface area contributed by atoms with Gasteiger partial charge in [0.1, 0.15) is 12.0 Å². The van der Waals surface area contributed by atoms with Gasteiger partial charge in [-0.25, -0.2) is 0 Å². The second kappa shape index (κ2) is 7.05. The highest BCUT2D eigenvalue weighted by Crippen LogP contribution is 2.16. The SMILES string of the molecule is CCC(Oc1ccc(C=O)cc1)C(=O)N1CCNCC1. The predicted molar refractivity (Wildman–Crippen MR) is 76.0 cm³/mol. The fourth-order valence-electron chi connectivity index (χ4n) is 2.19. The van der Waals surface area contributed by atoms with Gasteiger partial charge >= 0.3 is 0 Å². The van der Waals surface area contributed by atoms with Gasteiger partial charge in [0.15, 0.2) is 6.10 Å². The third kappa shape index (κ3) is 3.57. The summed E-state index contributed by atoms with van der Waals surface area (Å²) in [7, 11) is 0. The van der Waals surface area contributed by atoms with Gasteiger partial charge in [-0.05, 0) is 30.7 Å². The predicted octanol–water partition coefficient (Wildman–Crippen LogP) is 1.09. The van der Waals surface area contributed by atoms with E-state index in [2.05, 4.69) is 5.32 Å². The van der Waals surface area contributed by atoms with E-state index in [0.717, 1.165) is 32.5 Å². The number of carbonyl (C=O) groups excluding carboxylic acids is 2. The van der Waals surface area contributed by atoms with Gasteiger partial charge < -0.3 is 15.0 Å². The summed E-state index contributed by atoms with van der Waals surface area (Å²) in [5.41, 5.74) is 0.596. The Morgan fingerprint density at radius 2 is 2.00 bits per heavy atom. The maximum absolute atomic E-state index is 12.4. The van der Waals surface area contributed by atoms with Crippen molar-refractivity contribution in [2.45, 2.75) is 19.4 Å². The van der Waals surface area contributed by atoms with Crippen LogP contribution >= 0.6 is 0 Å². The molecule has 108 valence electrons. The molecule has 1 aromatic rings. The minimum Gasteiger partial charge on any atom is -0.481 e. The van der Waals surface area contributed by atoms with E-state index in [0.29, 0.717) is 17.7 Å². The number of ether oxygens (including phenoxy) is 1. The highest BCUT2D eigenvalue weighted by molar-refractivity contribution is 5.81. The molecule has 2 rings (SSSR count). The van der Waals surface area contributed by atoms with Gasteiger partial charge in [0.05, 0.1) is 0 Å². The lowest BCUT2D eigenvalue weighted by Crippen LogP contribution is -2.50. The van der Waals surface area contributed by atoms with Crippen LogP contribution in [0, 0.1) is 0 Å². The molecule has 5 nitrogen and oxygen atoms in total. The molecule has 1 amide bonds. The molecule has 1 aliphatic heterocycles. The van der Waals surface area contributed by atoms with E-state index in [1.165, 1.54) is 0 Å². The molecule has 0 bridgehead atoms.